The van der Waals surface area contributed by atoms with Crippen molar-refractivity contribution in [3.05, 3.63) is 36.6 Å². The van der Waals surface area contributed by atoms with E-state index in [4.69, 9.17) is 10.5 Å². The Labute approximate surface area is 83.9 Å². The van der Waals surface area contributed by atoms with Gasteiger partial charge in [-0.15, -0.1) is 0 Å². The molecule has 2 N–H and O–H groups in total. The maximum atomic E-state index is 11.2. The van der Waals surface area contributed by atoms with E-state index in [0.29, 0.717) is 12.4 Å². The number of rotatable bonds is 3. The number of ether oxygens (including phenoxy) is 1. The van der Waals surface area contributed by atoms with Gasteiger partial charge in [0.1, 0.15) is 5.76 Å². The number of hydrogen-bond acceptors (Lipinski definition) is 2. The van der Waals surface area contributed by atoms with Crippen molar-refractivity contribution in [1.29, 1.82) is 0 Å². The summed E-state index contributed by atoms with van der Waals surface area (Å²) < 4.78 is 5.41. The summed E-state index contributed by atoms with van der Waals surface area (Å²) in [7, 11) is 0. The van der Waals surface area contributed by atoms with Crippen molar-refractivity contribution >= 4 is 5.91 Å². The van der Waals surface area contributed by atoms with Gasteiger partial charge in [-0.1, -0.05) is 26.2 Å². The number of allylic oxidation sites excluding steroid dienone is 2. The van der Waals surface area contributed by atoms with Crippen molar-refractivity contribution in [3.63, 3.8) is 0 Å². The van der Waals surface area contributed by atoms with Gasteiger partial charge in [-0.25, -0.2) is 0 Å². The minimum Gasteiger partial charge on any atom is -0.493 e. The van der Waals surface area contributed by atoms with Crippen LogP contribution in [0.25, 0.3) is 0 Å². The first-order chi connectivity index (χ1) is 6.61. The first kappa shape index (κ1) is 10.6. The van der Waals surface area contributed by atoms with Crippen LogP contribution in [0, 0.1) is 11.8 Å². The highest BCUT2D eigenvalue weighted by atomic mass is 16.5. The SMILES string of the molecule is C=CC1=C(C=C)C(C(N)=O)C(C)CO1. The second-order valence-corrected chi connectivity index (χ2v) is 3.40. The molecule has 1 aliphatic rings. The maximum Gasteiger partial charge on any atom is 0.225 e. The number of carbonyl (C=O) groups is 1. The molecule has 3 heteroatoms. The van der Waals surface area contributed by atoms with Gasteiger partial charge in [0, 0.05) is 11.5 Å². The average Bonchev–Trinajstić information content (AvgIpc) is 2.16. The zero-order valence-corrected chi connectivity index (χ0v) is 8.32. The van der Waals surface area contributed by atoms with E-state index in [2.05, 4.69) is 13.2 Å². The fourth-order valence-corrected chi connectivity index (χ4v) is 1.70. The van der Waals surface area contributed by atoms with Gasteiger partial charge >= 0.3 is 0 Å². The third-order valence-electron chi connectivity index (χ3n) is 2.40. The Bertz CT molecular complexity index is 304. The van der Waals surface area contributed by atoms with Crippen LogP contribution in [0.4, 0.5) is 0 Å². The fraction of sp³-hybridized carbons (Fsp3) is 0.364. The maximum absolute atomic E-state index is 11.2. The Morgan fingerprint density at radius 3 is 2.64 bits per heavy atom. The van der Waals surface area contributed by atoms with Crippen LogP contribution in [0.5, 0.6) is 0 Å². The molecular weight excluding hydrogens is 178 g/mol. The largest absolute Gasteiger partial charge is 0.493 e. The van der Waals surface area contributed by atoms with E-state index in [-0.39, 0.29) is 17.7 Å². The topological polar surface area (TPSA) is 52.3 Å². The number of hydrogen-bond donors (Lipinski definition) is 1. The van der Waals surface area contributed by atoms with Gasteiger partial charge in [0.25, 0.3) is 0 Å². The lowest BCUT2D eigenvalue weighted by atomic mass is 9.84. The quantitative estimate of drug-likeness (QED) is 0.736. The Morgan fingerprint density at radius 1 is 1.57 bits per heavy atom. The molecule has 0 fully saturated rings. The zero-order valence-electron chi connectivity index (χ0n) is 8.32. The monoisotopic (exact) mass is 193 g/mol. The molecule has 0 saturated heterocycles. The molecular formula is C11H15NO2. The molecule has 0 aromatic carbocycles. The van der Waals surface area contributed by atoms with E-state index in [1.807, 2.05) is 6.92 Å². The van der Waals surface area contributed by atoms with Crippen molar-refractivity contribution in [1.82, 2.24) is 0 Å². The summed E-state index contributed by atoms with van der Waals surface area (Å²) in [6.07, 6.45) is 3.20. The normalized spacial score (nSPS) is 26.6. The molecule has 3 nitrogen and oxygen atoms in total. The molecule has 76 valence electrons. The fourth-order valence-electron chi connectivity index (χ4n) is 1.70. The highest BCUT2D eigenvalue weighted by Crippen LogP contribution is 2.30. The van der Waals surface area contributed by atoms with Crippen LogP contribution < -0.4 is 5.73 Å². The number of carbonyl (C=O) groups excluding carboxylic acids is 1. The third-order valence-corrected chi connectivity index (χ3v) is 2.40. The molecule has 2 unspecified atom stereocenters. The summed E-state index contributed by atoms with van der Waals surface area (Å²) in [5.41, 5.74) is 6.07. The van der Waals surface area contributed by atoms with Gasteiger partial charge < -0.3 is 10.5 Å². The van der Waals surface area contributed by atoms with E-state index in [1.54, 1.807) is 12.2 Å². The first-order valence-electron chi connectivity index (χ1n) is 4.53. The molecule has 1 amide bonds. The van der Waals surface area contributed by atoms with Gasteiger partial charge in [-0.2, -0.15) is 0 Å². The number of amides is 1. The standard InChI is InChI=1S/C11H15NO2/c1-4-8-9(5-2)14-6-7(3)10(8)11(12)13/h4-5,7,10H,1-2,6H2,3H3,(H2,12,13). The zero-order chi connectivity index (χ0) is 10.7. The number of primary amides is 1. The van der Waals surface area contributed by atoms with Gasteiger partial charge in [-0.3, -0.25) is 4.79 Å². The highest BCUT2D eigenvalue weighted by Gasteiger charge is 2.31. The molecule has 1 heterocycles. The summed E-state index contributed by atoms with van der Waals surface area (Å²) in [5, 5.41) is 0. The van der Waals surface area contributed by atoms with Crippen molar-refractivity contribution in [3.8, 4) is 0 Å². The van der Waals surface area contributed by atoms with Crippen LogP contribution in [0.1, 0.15) is 6.92 Å². The Kier molecular flexibility index (Phi) is 3.12. The summed E-state index contributed by atoms with van der Waals surface area (Å²) >= 11 is 0. The number of nitrogens with two attached hydrogens (primary N) is 1. The minimum absolute atomic E-state index is 0.0872. The highest BCUT2D eigenvalue weighted by molar-refractivity contribution is 5.81. The molecule has 0 aromatic rings. The van der Waals surface area contributed by atoms with Crippen LogP contribution in [0.3, 0.4) is 0 Å². The molecule has 0 spiro atoms. The Hall–Kier alpha value is -1.51. The predicted molar refractivity (Wildman–Crippen MR) is 55.2 cm³/mol. The van der Waals surface area contributed by atoms with E-state index < -0.39 is 0 Å². The van der Waals surface area contributed by atoms with Gasteiger partial charge in [0.15, 0.2) is 0 Å². The second-order valence-electron chi connectivity index (χ2n) is 3.40. The summed E-state index contributed by atoms with van der Waals surface area (Å²) in [6.45, 7) is 9.70. The predicted octanol–water partition coefficient (Wildman–Crippen LogP) is 1.38. The molecule has 2 atom stereocenters. The van der Waals surface area contributed by atoms with E-state index in [0.717, 1.165) is 5.57 Å². The van der Waals surface area contributed by atoms with E-state index >= 15 is 0 Å². The second kappa shape index (κ2) is 4.13. The molecule has 14 heavy (non-hydrogen) atoms. The van der Waals surface area contributed by atoms with Crippen LogP contribution >= 0.6 is 0 Å². The molecule has 1 aliphatic heterocycles. The molecule has 0 aromatic heterocycles. The molecule has 0 saturated carbocycles. The third kappa shape index (κ3) is 1.71. The summed E-state index contributed by atoms with van der Waals surface area (Å²) in [6, 6.07) is 0. The van der Waals surface area contributed by atoms with Crippen LogP contribution in [-0.4, -0.2) is 12.5 Å². The Balaban J connectivity index is 3.15. The van der Waals surface area contributed by atoms with Crippen molar-refractivity contribution in [2.75, 3.05) is 6.61 Å². The lowest BCUT2D eigenvalue weighted by molar-refractivity contribution is -0.123. The Morgan fingerprint density at radius 2 is 2.21 bits per heavy atom. The van der Waals surface area contributed by atoms with Crippen molar-refractivity contribution < 1.29 is 9.53 Å². The minimum atomic E-state index is -0.338. The van der Waals surface area contributed by atoms with Crippen LogP contribution in [0.2, 0.25) is 0 Å². The molecule has 0 aliphatic carbocycles. The van der Waals surface area contributed by atoms with Crippen LogP contribution in [-0.2, 0) is 9.53 Å². The van der Waals surface area contributed by atoms with E-state index in [9.17, 15) is 4.79 Å². The lowest BCUT2D eigenvalue weighted by Crippen LogP contribution is -2.35. The molecule has 0 bridgehead atoms. The van der Waals surface area contributed by atoms with Gasteiger partial charge in [0.05, 0.1) is 12.5 Å². The van der Waals surface area contributed by atoms with Crippen molar-refractivity contribution in [2.24, 2.45) is 17.6 Å². The smallest absolute Gasteiger partial charge is 0.225 e. The lowest BCUT2D eigenvalue weighted by Gasteiger charge is -2.29. The van der Waals surface area contributed by atoms with Crippen LogP contribution in [0.15, 0.2) is 36.6 Å². The van der Waals surface area contributed by atoms with Crippen molar-refractivity contribution in [2.45, 2.75) is 6.92 Å². The van der Waals surface area contributed by atoms with Gasteiger partial charge in [-0.05, 0) is 6.08 Å². The van der Waals surface area contributed by atoms with E-state index in [1.165, 1.54) is 0 Å². The first-order valence-corrected chi connectivity index (χ1v) is 4.53. The molecule has 1 rings (SSSR count). The summed E-state index contributed by atoms with van der Waals surface area (Å²) in [5.74, 6) is 0.0513. The average molecular weight is 193 g/mol. The molecule has 0 radical (unpaired) electrons. The van der Waals surface area contributed by atoms with Gasteiger partial charge in [0.2, 0.25) is 5.91 Å². The summed E-state index contributed by atoms with van der Waals surface area (Å²) in [4.78, 5) is 11.2.